The summed E-state index contributed by atoms with van der Waals surface area (Å²) in [5, 5.41) is 6.64. The van der Waals surface area contributed by atoms with E-state index >= 15 is 0 Å². The van der Waals surface area contributed by atoms with Crippen molar-refractivity contribution in [2.45, 2.75) is 32.4 Å². The molecule has 3 amide bonds. The van der Waals surface area contributed by atoms with E-state index in [1.807, 2.05) is 37.3 Å². The third-order valence-corrected chi connectivity index (χ3v) is 5.30. The van der Waals surface area contributed by atoms with Crippen LogP contribution in [0.4, 0.5) is 10.5 Å². The summed E-state index contributed by atoms with van der Waals surface area (Å²) in [7, 11) is 0. The lowest BCUT2D eigenvalue weighted by atomic mass is 10.1. The van der Waals surface area contributed by atoms with E-state index in [2.05, 4.69) is 10.6 Å². The maximum absolute atomic E-state index is 12.1. The van der Waals surface area contributed by atoms with Crippen molar-refractivity contribution in [1.82, 2.24) is 10.6 Å². The molecule has 1 heterocycles. The number of hydrogen-bond donors (Lipinski definition) is 2. The Balaban J connectivity index is 1.51. The van der Waals surface area contributed by atoms with E-state index in [0.29, 0.717) is 23.0 Å². The van der Waals surface area contributed by atoms with Crippen LogP contribution in [0.5, 0.6) is 0 Å². The predicted octanol–water partition coefficient (Wildman–Crippen LogP) is 4.68. The van der Waals surface area contributed by atoms with Crippen molar-refractivity contribution in [2.75, 3.05) is 11.4 Å². The smallest absolute Gasteiger partial charge is 0.315 e. The summed E-state index contributed by atoms with van der Waals surface area (Å²) in [4.78, 5) is 25.7. The van der Waals surface area contributed by atoms with Gasteiger partial charge in [0.05, 0.1) is 16.1 Å². The molecule has 1 unspecified atom stereocenters. The molecule has 1 aliphatic rings. The molecule has 1 saturated heterocycles. The van der Waals surface area contributed by atoms with E-state index in [1.54, 1.807) is 17.0 Å². The van der Waals surface area contributed by atoms with Crippen LogP contribution >= 0.6 is 23.2 Å². The molecule has 3 rings (SSSR count). The standard InChI is InChI=1S/C20H21Cl2N3O2/c1-13(15-6-9-17(21)18(22)11-15)24-20(27)23-12-14-4-7-16(8-5-14)25-10-2-3-19(25)26/h4-9,11,13H,2-3,10,12H2,1H3,(H2,23,24,27). The molecule has 2 N–H and O–H groups in total. The number of carbonyl (C=O) groups excluding carboxylic acids is 2. The van der Waals surface area contributed by atoms with Gasteiger partial charge in [-0.05, 0) is 48.7 Å². The first-order chi connectivity index (χ1) is 12.9. The predicted molar refractivity (Wildman–Crippen MR) is 108 cm³/mol. The summed E-state index contributed by atoms with van der Waals surface area (Å²) in [6.45, 7) is 3.04. The minimum atomic E-state index is -0.271. The molecular formula is C20H21Cl2N3O2. The van der Waals surface area contributed by atoms with Gasteiger partial charge in [0.25, 0.3) is 0 Å². The number of halogens is 2. The Hall–Kier alpha value is -2.24. The molecule has 1 atom stereocenters. The van der Waals surface area contributed by atoms with Crippen LogP contribution in [0, 0.1) is 0 Å². The van der Waals surface area contributed by atoms with Crippen LogP contribution < -0.4 is 15.5 Å². The minimum absolute atomic E-state index is 0.163. The van der Waals surface area contributed by atoms with Gasteiger partial charge in [-0.1, -0.05) is 41.4 Å². The van der Waals surface area contributed by atoms with Gasteiger partial charge in [0.15, 0.2) is 0 Å². The second-order valence-electron chi connectivity index (χ2n) is 6.54. The molecule has 1 fully saturated rings. The van der Waals surface area contributed by atoms with Crippen LogP contribution in [0.1, 0.15) is 36.9 Å². The number of carbonyl (C=O) groups is 2. The molecule has 2 aromatic rings. The van der Waals surface area contributed by atoms with E-state index in [-0.39, 0.29) is 18.0 Å². The van der Waals surface area contributed by atoms with Gasteiger partial charge in [-0.25, -0.2) is 4.79 Å². The van der Waals surface area contributed by atoms with Crippen LogP contribution in [0.15, 0.2) is 42.5 Å². The highest BCUT2D eigenvalue weighted by atomic mass is 35.5. The highest BCUT2D eigenvalue weighted by Gasteiger charge is 2.21. The van der Waals surface area contributed by atoms with E-state index in [1.165, 1.54) is 0 Å². The zero-order chi connectivity index (χ0) is 19.4. The maximum Gasteiger partial charge on any atom is 0.315 e. The monoisotopic (exact) mass is 405 g/mol. The average Bonchev–Trinajstić information content (AvgIpc) is 3.08. The Kier molecular flexibility index (Phi) is 6.24. The highest BCUT2D eigenvalue weighted by Crippen LogP contribution is 2.25. The number of hydrogen-bond acceptors (Lipinski definition) is 2. The zero-order valence-electron chi connectivity index (χ0n) is 15.0. The fourth-order valence-corrected chi connectivity index (χ4v) is 3.32. The number of nitrogens with one attached hydrogen (secondary N) is 2. The minimum Gasteiger partial charge on any atom is -0.334 e. The largest absolute Gasteiger partial charge is 0.334 e. The quantitative estimate of drug-likeness (QED) is 0.758. The molecule has 5 nitrogen and oxygen atoms in total. The summed E-state index contributed by atoms with van der Waals surface area (Å²) in [6.07, 6.45) is 1.51. The van der Waals surface area contributed by atoms with Gasteiger partial charge in [0.1, 0.15) is 0 Å². The number of urea groups is 1. The average molecular weight is 406 g/mol. The van der Waals surface area contributed by atoms with Crippen molar-refractivity contribution in [1.29, 1.82) is 0 Å². The molecule has 1 aliphatic heterocycles. The lowest BCUT2D eigenvalue weighted by Crippen LogP contribution is -2.36. The van der Waals surface area contributed by atoms with Gasteiger partial charge in [0, 0.05) is 25.2 Å². The fourth-order valence-electron chi connectivity index (χ4n) is 3.01. The summed E-state index contributed by atoms with van der Waals surface area (Å²) >= 11 is 11.9. The van der Waals surface area contributed by atoms with Gasteiger partial charge in [-0.3, -0.25) is 4.79 Å². The Morgan fingerprint density at radius 3 is 2.52 bits per heavy atom. The highest BCUT2D eigenvalue weighted by molar-refractivity contribution is 6.42. The Morgan fingerprint density at radius 1 is 1.15 bits per heavy atom. The number of amides is 3. The maximum atomic E-state index is 12.1. The normalized spacial score (nSPS) is 14.9. The molecular weight excluding hydrogens is 385 g/mol. The van der Waals surface area contributed by atoms with Gasteiger partial charge in [0.2, 0.25) is 5.91 Å². The molecule has 0 aliphatic carbocycles. The summed E-state index contributed by atoms with van der Waals surface area (Å²) in [6, 6.07) is 12.5. The topological polar surface area (TPSA) is 61.4 Å². The fraction of sp³-hybridized carbons (Fsp3) is 0.300. The lowest BCUT2D eigenvalue weighted by Gasteiger charge is -2.17. The van der Waals surface area contributed by atoms with Crippen molar-refractivity contribution in [3.05, 3.63) is 63.6 Å². The molecule has 0 bridgehead atoms. The van der Waals surface area contributed by atoms with E-state index in [9.17, 15) is 9.59 Å². The summed E-state index contributed by atoms with van der Waals surface area (Å²) in [5.41, 5.74) is 2.74. The molecule has 142 valence electrons. The van der Waals surface area contributed by atoms with E-state index in [4.69, 9.17) is 23.2 Å². The van der Waals surface area contributed by atoms with Crippen LogP contribution in [0.3, 0.4) is 0 Å². The van der Waals surface area contributed by atoms with Crippen molar-refractivity contribution in [2.24, 2.45) is 0 Å². The van der Waals surface area contributed by atoms with Gasteiger partial charge >= 0.3 is 6.03 Å². The first-order valence-corrected chi connectivity index (χ1v) is 9.58. The van der Waals surface area contributed by atoms with Gasteiger partial charge in [-0.2, -0.15) is 0 Å². The van der Waals surface area contributed by atoms with Crippen LogP contribution in [-0.2, 0) is 11.3 Å². The number of benzene rings is 2. The summed E-state index contributed by atoms with van der Waals surface area (Å²) < 4.78 is 0. The first kappa shape index (κ1) is 19.5. The summed E-state index contributed by atoms with van der Waals surface area (Å²) in [5.74, 6) is 0.163. The van der Waals surface area contributed by atoms with Gasteiger partial charge < -0.3 is 15.5 Å². The van der Waals surface area contributed by atoms with Gasteiger partial charge in [-0.15, -0.1) is 0 Å². The third-order valence-electron chi connectivity index (χ3n) is 4.57. The van der Waals surface area contributed by atoms with Crippen molar-refractivity contribution < 1.29 is 9.59 Å². The van der Waals surface area contributed by atoms with Crippen LogP contribution in [0.2, 0.25) is 10.0 Å². The molecule has 0 saturated carbocycles. The second-order valence-corrected chi connectivity index (χ2v) is 7.35. The second kappa shape index (κ2) is 8.63. The van der Waals surface area contributed by atoms with Crippen LogP contribution in [0.25, 0.3) is 0 Å². The van der Waals surface area contributed by atoms with Crippen LogP contribution in [-0.4, -0.2) is 18.5 Å². The lowest BCUT2D eigenvalue weighted by molar-refractivity contribution is -0.117. The van der Waals surface area contributed by atoms with Crippen molar-refractivity contribution >= 4 is 40.8 Å². The number of nitrogens with zero attached hydrogens (tertiary/aromatic N) is 1. The Morgan fingerprint density at radius 2 is 1.89 bits per heavy atom. The first-order valence-electron chi connectivity index (χ1n) is 8.82. The Bertz CT molecular complexity index is 840. The molecule has 7 heteroatoms. The van der Waals surface area contributed by atoms with Crippen molar-refractivity contribution in [3.8, 4) is 0 Å². The van der Waals surface area contributed by atoms with E-state index < -0.39 is 0 Å². The van der Waals surface area contributed by atoms with Crippen molar-refractivity contribution in [3.63, 3.8) is 0 Å². The molecule has 0 radical (unpaired) electrons. The zero-order valence-corrected chi connectivity index (χ0v) is 16.5. The molecule has 0 aromatic heterocycles. The molecule has 2 aromatic carbocycles. The molecule has 27 heavy (non-hydrogen) atoms. The number of anilines is 1. The SMILES string of the molecule is CC(NC(=O)NCc1ccc(N2CCCC2=O)cc1)c1ccc(Cl)c(Cl)c1. The molecule has 0 spiro atoms. The van der Waals surface area contributed by atoms with E-state index in [0.717, 1.165) is 29.8 Å². The Labute approximate surface area is 168 Å². The third kappa shape index (κ3) is 4.93. The number of rotatable bonds is 5.